The maximum atomic E-state index is 13.9. The highest BCUT2D eigenvalue weighted by molar-refractivity contribution is 5.81. The lowest BCUT2D eigenvalue weighted by Gasteiger charge is -2.13. The molecule has 0 saturated heterocycles. The van der Waals surface area contributed by atoms with Gasteiger partial charge in [-0.2, -0.15) is 5.10 Å². The standard InChI is InChI=1S/C25H24F2N6O/c1-16-11-22(31(2)30-16)17-5-7-19-23(12-17)33(25(34)14-28-19)15-24-29-20-13-18(27)6-8-21(20)32(24)10-4-3-9-26/h5-8,11-14H,3-4,9-10,15H2,1-2H3. The minimum absolute atomic E-state index is 0.178. The molecule has 0 aliphatic rings. The second-order valence-electron chi connectivity index (χ2n) is 8.39. The van der Waals surface area contributed by atoms with Crippen LogP contribution in [0.15, 0.2) is 53.5 Å². The zero-order chi connectivity index (χ0) is 23.8. The van der Waals surface area contributed by atoms with Crippen molar-refractivity contribution in [3.8, 4) is 11.3 Å². The van der Waals surface area contributed by atoms with Gasteiger partial charge in [-0.3, -0.25) is 18.4 Å². The molecule has 0 atom stereocenters. The van der Waals surface area contributed by atoms with Gasteiger partial charge in [0, 0.05) is 25.2 Å². The number of fused-ring (bicyclic) bond motifs is 2. The van der Waals surface area contributed by atoms with Crippen molar-refractivity contribution in [2.24, 2.45) is 7.05 Å². The number of benzene rings is 2. The van der Waals surface area contributed by atoms with Gasteiger partial charge >= 0.3 is 0 Å². The van der Waals surface area contributed by atoms with Crippen LogP contribution in [0, 0.1) is 12.7 Å². The normalized spacial score (nSPS) is 11.6. The highest BCUT2D eigenvalue weighted by Gasteiger charge is 2.15. The Labute approximate surface area is 194 Å². The van der Waals surface area contributed by atoms with Gasteiger partial charge in [0.25, 0.3) is 5.56 Å². The summed E-state index contributed by atoms with van der Waals surface area (Å²) >= 11 is 0. The van der Waals surface area contributed by atoms with Crippen molar-refractivity contribution in [1.29, 1.82) is 0 Å². The number of aromatic nitrogens is 6. The first kappa shape index (κ1) is 21.9. The lowest BCUT2D eigenvalue weighted by Crippen LogP contribution is -2.23. The lowest BCUT2D eigenvalue weighted by atomic mass is 10.1. The second kappa shape index (κ2) is 8.81. The third-order valence-corrected chi connectivity index (χ3v) is 6.00. The van der Waals surface area contributed by atoms with Crippen molar-refractivity contribution < 1.29 is 8.78 Å². The zero-order valence-corrected chi connectivity index (χ0v) is 19.0. The van der Waals surface area contributed by atoms with E-state index in [2.05, 4.69) is 15.1 Å². The Bertz CT molecular complexity index is 1570. The van der Waals surface area contributed by atoms with E-state index in [0.29, 0.717) is 41.8 Å². The topological polar surface area (TPSA) is 70.5 Å². The van der Waals surface area contributed by atoms with Crippen LogP contribution < -0.4 is 5.56 Å². The number of hydrogen-bond donors (Lipinski definition) is 0. The fourth-order valence-electron chi connectivity index (χ4n) is 4.39. The van der Waals surface area contributed by atoms with Crippen molar-refractivity contribution in [2.75, 3.05) is 6.67 Å². The number of unbranched alkanes of at least 4 members (excludes halogenated alkanes) is 1. The molecule has 0 bridgehead atoms. The summed E-state index contributed by atoms with van der Waals surface area (Å²) in [6.07, 6.45) is 2.33. The number of nitrogens with zero attached hydrogens (tertiary/aromatic N) is 6. The minimum Gasteiger partial charge on any atom is -0.326 e. The van der Waals surface area contributed by atoms with E-state index in [0.717, 1.165) is 22.5 Å². The lowest BCUT2D eigenvalue weighted by molar-refractivity contribution is 0.446. The third-order valence-electron chi connectivity index (χ3n) is 6.00. The SMILES string of the molecule is Cc1cc(-c2ccc3ncc(=O)n(Cc4nc5cc(F)ccc5n4CCCCF)c3c2)n(C)n1. The summed E-state index contributed by atoms with van der Waals surface area (Å²) in [6.45, 7) is 2.23. The molecule has 3 heterocycles. The van der Waals surface area contributed by atoms with Crippen LogP contribution in [0.2, 0.25) is 0 Å². The molecule has 5 rings (SSSR count). The quantitative estimate of drug-likeness (QED) is 0.336. The molecule has 0 saturated carbocycles. The van der Waals surface area contributed by atoms with Gasteiger partial charge in [-0.15, -0.1) is 0 Å². The van der Waals surface area contributed by atoms with Gasteiger partial charge in [0.15, 0.2) is 0 Å². The summed E-state index contributed by atoms with van der Waals surface area (Å²) in [4.78, 5) is 21.9. The molecule has 7 nitrogen and oxygen atoms in total. The van der Waals surface area contributed by atoms with E-state index in [9.17, 15) is 13.6 Å². The minimum atomic E-state index is -0.401. The van der Waals surface area contributed by atoms with E-state index < -0.39 is 6.67 Å². The van der Waals surface area contributed by atoms with Crippen LogP contribution in [0.5, 0.6) is 0 Å². The average Bonchev–Trinajstić information content (AvgIpc) is 3.33. The first-order chi connectivity index (χ1) is 16.4. The first-order valence-corrected chi connectivity index (χ1v) is 11.2. The van der Waals surface area contributed by atoms with Crippen LogP contribution >= 0.6 is 0 Å². The number of imidazole rings is 1. The molecule has 0 fully saturated rings. The predicted octanol–water partition coefficient (Wildman–Crippen LogP) is 4.39. The Morgan fingerprint density at radius 1 is 0.971 bits per heavy atom. The Balaban J connectivity index is 1.64. The molecule has 0 unspecified atom stereocenters. The summed E-state index contributed by atoms with van der Waals surface area (Å²) in [5, 5.41) is 4.42. The fourth-order valence-corrected chi connectivity index (χ4v) is 4.39. The van der Waals surface area contributed by atoms with Crippen LogP contribution in [0.1, 0.15) is 24.4 Å². The Kier molecular flexibility index (Phi) is 5.69. The third kappa shape index (κ3) is 3.98. The Morgan fingerprint density at radius 3 is 2.59 bits per heavy atom. The summed E-state index contributed by atoms with van der Waals surface area (Å²) in [7, 11) is 1.88. The molecule has 0 aliphatic heterocycles. The van der Waals surface area contributed by atoms with Crippen LogP contribution in [-0.2, 0) is 20.1 Å². The molecule has 2 aromatic carbocycles. The van der Waals surface area contributed by atoms with Crippen LogP contribution in [0.3, 0.4) is 0 Å². The number of rotatable bonds is 7. The largest absolute Gasteiger partial charge is 0.326 e. The van der Waals surface area contributed by atoms with Crippen LogP contribution in [-0.4, -0.2) is 35.6 Å². The zero-order valence-electron chi connectivity index (χ0n) is 19.0. The molecule has 0 spiro atoms. The van der Waals surface area contributed by atoms with E-state index >= 15 is 0 Å². The highest BCUT2D eigenvalue weighted by Crippen LogP contribution is 2.25. The first-order valence-electron chi connectivity index (χ1n) is 11.2. The Hall–Kier alpha value is -3.88. The average molecular weight is 463 g/mol. The number of halogens is 2. The van der Waals surface area contributed by atoms with E-state index in [4.69, 9.17) is 0 Å². The number of aryl methyl sites for hydroxylation is 3. The maximum absolute atomic E-state index is 13.9. The molecule has 3 aromatic heterocycles. The smallest absolute Gasteiger partial charge is 0.269 e. The predicted molar refractivity (Wildman–Crippen MR) is 127 cm³/mol. The molecular weight excluding hydrogens is 438 g/mol. The van der Waals surface area contributed by atoms with Crippen molar-refractivity contribution in [3.05, 3.63) is 76.4 Å². The van der Waals surface area contributed by atoms with Gasteiger partial charge in [0.1, 0.15) is 11.6 Å². The van der Waals surface area contributed by atoms with E-state index in [1.165, 1.54) is 18.3 Å². The van der Waals surface area contributed by atoms with Crippen molar-refractivity contribution in [1.82, 2.24) is 28.9 Å². The molecule has 34 heavy (non-hydrogen) atoms. The van der Waals surface area contributed by atoms with Gasteiger partial charge in [-0.1, -0.05) is 6.07 Å². The molecule has 174 valence electrons. The number of alkyl halides is 1. The van der Waals surface area contributed by atoms with Gasteiger partial charge in [-0.25, -0.2) is 14.4 Å². The van der Waals surface area contributed by atoms with Gasteiger partial charge in [0.2, 0.25) is 0 Å². The highest BCUT2D eigenvalue weighted by atomic mass is 19.1. The van der Waals surface area contributed by atoms with Crippen LogP contribution in [0.25, 0.3) is 33.3 Å². The number of hydrogen-bond acceptors (Lipinski definition) is 4. The van der Waals surface area contributed by atoms with Gasteiger partial charge in [0.05, 0.1) is 52.9 Å². The van der Waals surface area contributed by atoms with E-state index in [1.807, 2.05) is 42.8 Å². The Morgan fingerprint density at radius 2 is 1.82 bits per heavy atom. The van der Waals surface area contributed by atoms with Crippen molar-refractivity contribution in [2.45, 2.75) is 32.9 Å². The molecule has 9 heteroatoms. The fraction of sp³-hybridized carbons (Fsp3) is 0.280. The monoisotopic (exact) mass is 462 g/mol. The van der Waals surface area contributed by atoms with Gasteiger partial charge < -0.3 is 4.57 Å². The molecule has 0 aliphatic carbocycles. The van der Waals surface area contributed by atoms with Crippen molar-refractivity contribution in [3.63, 3.8) is 0 Å². The summed E-state index contributed by atoms with van der Waals surface area (Å²) in [5.41, 5.74) is 5.08. The van der Waals surface area contributed by atoms with Crippen LogP contribution in [0.4, 0.5) is 8.78 Å². The molecule has 0 N–H and O–H groups in total. The summed E-state index contributed by atoms with van der Waals surface area (Å²) in [6, 6.07) is 12.2. The summed E-state index contributed by atoms with van der Waals surface area (Å²) < 4.78 is 32.0. The summed E-state index contributed by atoms with van der Waals surface area (Å²) in [5.74, 6) is 0.228. The van der Waals surface area contributed by atoms with Gasteiger partial charge in [-0.05, 0) is 50.1 Å². The molecule has 5 aromatic rings. The second-order valence-corrected chi connectivity index (χ2v) is 8.39. The molecule has 0 radical (unpaired) electrons. The maximum Gasteiger partial charge on any atom is 0.269 e. The van der Waals surface area contributed by atoms with E-state index in [1.54, 1.807) is 15.3 Å². The molecular formula is C25H24F2N6O. The van der Waals surface area contributed by atoms with E-state index in [-0.39, 0.29) is 17.9 Å². The molecule has 0 amide bonds. The van der Waals surface area contributed by atoms with Crippen molar-refractivity contribution >= 4 is 22.1 Å².